The maximum absolute atomic E-state index is 12.1. The van der Waals surface area contributed by atoms with Gasteiger partial charge in [0.05, 0.1) is 11.6 Å². The predicted molar refractivity (Wildman–Crippen MR) is 72.6 cm³/mol. The van der Waals surface area contributed by atoms with Crippen LogP contribution in [0.1, 0.15) is 30.1 Å². The van der Waals surface area contributed by atoms with Crippen LogP contribution in [0.3, 0.4) is 0 Å². The molecule has 0 spiro atoms. The van der Waals surface area contributed by atoms with Gasteiger partial charge in [0, 0.05) is 19.2 Å². The molecule has 0 saturated carbocycles. The first kappa shape index (κ1) is 14.0. The van der Waals surface area contributed by atoms with Crippen molar-refractivity contribution in [2.75, 3.05) is 20.7 Å². The van der Waals surface area contributed by atoms with Crippen LogP contribution >= 0.6 is 15.9 Å². The highest BCUT2D eigenvalue weighted by molar-refractivity contribution is 9.10. The van der Waals surface area contributed by atoms with Gasteiger partial charge in [0.25, 0.3) is 5.91 Å². The van der Waals surface area contributed by atoms with E-state index in [1.54, 1.807) is 30.2 Å². The van der Waals surface area contributed by atoms with Crippen LogP contribution < -0.4 is 4.74 Å². The Labute approximate surface area is 111 Å². The molecule has 0 aliphatic carbocycles. The first-order valence-corrected chi connectivity index (χ1v) is 6.48. The zero-order valence-electron chi connectivity index (χ0n) is 10.5. The van der Waals surface area contributed by atoms with Gasteiger partial charge >= 0.3 is 0 Å². The standard InChI is InChI=1S/C13H18BrNO2/c1-4-5-8-15(2)13(16)10-6-7-12(17-3)11(14)9-10/h6-7,9H,4-5,8H2,1-3H3. The summed E-state index contributed by atoms with van der Waals surface area (Å²) in [6.07, 6.45) is 2.11. The lowest BCUT2D eigenvalue weighted by Gasteiger charge is -2.17. The van der Waals surface area contributed by atoms with Gasteiger partial charge in [-0.1, -0.05) is 13.3 Å². The zero-order valence-corrected chi connectivity index (χ0v) is 12.1. The third-order valence-corrected chi connectivity index (χ3v) is 3.21. The Morgan fingerprint density at radius 1 is 1.47 bits per heavy atom. The van der Waals surface area contributed by atoms with E-state index < -0.39 is 0 Å². The molecule has 0 aliphatic rings. The molecule has 1 aromatic carbocycles. The average Bonchev–Trinajstić information content (AvgIpc) is 2.34. The van der Waals surface area contributed by atoms with Crippen LogP contribution in [0.15, 0.2) is 22.7 Å². The summed E-state index contributed by atoms with van der Waals surface area (Å²) < 4.78 is 5.93. The van der Waals surface area contributed by atoms with Gasteiger partial charge in [-0.05, 0) is 40.5 Å². The molecule has 0 aromatic heterocycles. The Hall–Kier alpha value is -1.03. The minimum atomic E-state index is 0.0433. The maximum Gasteiger partial charge on any atom is 0.253 e. The van der Waals surface area contributed by atoms with Crippen molar-refractivity contribution in [2.45, 2.75) is 19.8 Å². The number of hydrogen-bond acceptors (Lipinski definition) is 2. The first-order chi connectivity index (χ1) is 8.10. The van der Waals surface area contributed by atoms with Crippen LogP contribution in [0, 0.1) is 0 Å². The number of carbonyl (C=O) groups is 1. The van der Waals surface area contributed by atoms with E-state index in [-0.39, 0.29) is 5.91 Å². The van der Waals surface area contributed by atoms with Crippen molar-refractivity contribution in [1.29, 1.82) is 0 Å². The largest absolute Gasteiger partial charge is 0.496 e. The molecule has 3 nitrogen and oxygen atoms in total. The van der Waals surface area contributed by atoms with Crippen molar-refractivity contribution < 1.29 is 9.53 Å². The molecule has 0 heterocycles. The van der Waals surface area contributed by atoms with Crippen LogP contribution in [0.4, 0.5) is 0 Å². The Balaban J connectivity index is 2.78. The summed E-state index contributed by atoms with van der Waals surface area (Å²) in [6, 6.07) is 5.38. The van der Waals surface area contributed by atoms with E-state index in [1.807, 2.05) is 7.05 Å². The lowest BCUT2D eigenvalue weighted by atomic mass is 10.2. The number of unbranched alkanes of at least 4 members (excludes halogenated alkanes) is 1. The topological polar surface area (TPSA) is 29.5 Å². The molecule has 0 unspecified atom stereocenters. The van der Waals surface area contributed by atoms with Gasteiger partial charge in [0.1, 0.15) is 5.75 Å². The maximum atomic E-state index is 12.1. The second-order valence-electron chi connectivity index (χ2n) is 3.93. The fourth-order valence-electron chi connectivity index (χ4n) is 1.52. The predicted octanol–water partition coefficient (Wildman–Crippen LogP) is 3.33. The molecule has 1 aromatic rings. The number of carbonyl (C=O) groups excluding carboxylic acids is 1. The molecule has 0 radical (unpaired) electrons. The highest BCUT2D eigenvalue weighted by Gasteiger charge is 2.12. The lowest BCUT2D eigenvalue weighted by Crippen LogP contribution is -2.27. The number of rotatable bonds is 5. The molecule has 94 valence electrons. The second kappa shape index (κ2) is 6.64. The van der Waals surface area contributed by atoms with Gasteiger partial charge in [0.2, 0.25) is 0 Å². The van der Waals surface area contributed by atoms with Gasteiger partial charge in [-0.25, -0.2) is 0 Å². The van der Waals surface area contributed by atoms with Crippen LogP contribution in [-0.4, -0.2) is 31.5 Å². The van der Waals surface area contributed by atoms with Crippen LogP contribution in [0.2, 0.25) is 0 Å². The van der Waals surface area contributed by atoms with E-state index >= 15 is 0 Å². The summed E-state index contributed by atoms with van der Waals surface area (Å²) in [4.78, 5) is 13.8. The molecule has 0 aliphatic heterocycles. The SMILES string of the molecule is CCCCN(C)C(=O)c1ccc(OC)c(Br)c1. The summed E-state index contributed by atoms with van der Waals surface area (Å²) in [5, 5.41) is 0. The fraction of sp³-hybridized carbons (Fsp3) is 0.462. The minimum absolute atomic E-state index is 0.0433. The Morgan fingerprint density at radius 2 is 2.18 bits per heavy atom. The van der Waals surface area contributed by atoms with E-state index in [9.17, 15) is 4.79 Å². The number of methoxy groups -OCH3 is 1. The van der Waals surface area contributed by atoms with Crippen molar-refractivity contribution in [2.24, 2.45) is 0 Å². The van der Waals surface area contributed by atoms with Gasteiger partial charge in [0.15, 0.2) is 0 Å². The summed E-state index contributed by atoms with van der Waals surface area (Å²) in [5.41, 5.74) is 0.677. The normalized spacial score (nSPS) is 10.1. The molecule has 0 atom stereocenters. The fourth-order valence-corrected chi connectivity index (χ4v) is 2.06. The highest BCUT2D eigenvalue weighted by atomic mass is 79.9. The summed E-state index contributed by atoms with van der Waals surface area (Å²) in [5.74, 6) is 0.777. The number of halogens is 1. The average molecular weight is 300 g/mol. The summed E-state index contributed by atoms with van der Waals surface area (Å²) >= 11 is 3.38. The molecular weight excluding hydrogens is 282 g/mol. The van der Waals surface area contributed by atoms with E-state index in [0.717, 1.165) is 29.6 Å². The van der Waals surface area contributed by atoms with Gasteiger partial charge in [-0.2, -0.15) is 0 Å². The Bertz CT molecular complexity index is 393. The van der Waals surface area contributed by atoms with E-state index in [4.69, 9.17) is 4.74 Å². The molecule has 0 bridgehead atoms. The minimum Gasteiger partial charge on any atom is -0.496 e. The van der Waals surface area contributed by atoms with Crippen LogP contribution in [-0.2, 0) is 0 Å². The summed E-state index contributed by atoms with van der Waals surface area (Å²) in [6.45, 7) is 2.90. The molecule has 0 N–H and O–H groups in total. The Morgan fingerprint density at radius 3 is 2.71 bits per heavy atom. The smallest absolute Gasteiger partial charge is 0.253 e. The van der Waals surface area contributed by atoms with Gasteiger partial charge in [-0.3, -0.25) is 4.79 Å². The molecule has 1 amide bonds. The van der Waals surface area contributed by atoms with Crippen LogP contribution in [0.25, 0.3) is 0 Å². The number of nitrogens with zero attached hydrogens (tertiary/aromatic N) is 1. The first-order valence-electron chi connectivity index (χ1n) is 5.69. The van der Waals surface area contributed by atoms with Crippen molar-refractivity contribution in [1.82, 2.24) is 4.90 Å². The van der Waals surface area contributed by atoms with E-state index in [2.05, 4.69) is 22.9 Å². The second-order valence-corrected chi connectivity index (χ2v) is 4.78. The molecule has 1 rings (SSSR count). The monoisotopic (exact) mass is 299 g/mol. The number of amides is 1. The third kappa shape index (κ3) is 3.73. The van der Waals surface area contributed by atoms with Gasteiger partial charge < -0.3 is 9.64 Å². The zero-order chi connectivity index (χ0) is 12.8. The van der Waals surface area contributed by atoms with Crippen molar-refractivity contribution in [3.8, 4) is 5.75 Å². The molecule has 0 fully saturated rings. The van der Waals surface area contributed by atoms with E-state index in [1.165, 1.54) is 0 Å². The Kier molecular flexibility index (Phi) is 5.48. The van der Waals surface area contributed by atoms with Crippen molar-refractivity contribution >= 4 is 21.8 Å². The molecule has 4 heteroatoms. The number of benzene rings is 1. The van der Waals surface area contributed by atoms with Crippen molar-refractivity contribution in [3.63, 3.8) is 0 Å². The number of ether oxygens (including phenoxy) is 1. The van der Waals surface area contributed by atoms with E-state index in [0.29, 0.717) is 5.56 Å². The molecule has 0 saturated heterocycles. The third-order valence-electron chi connectivity index (χ3n) is 2.59. The van der Waals surface area contributed by atoms with Crippen LogP contribution in [0.5, 0.6) is 5.75 Å². The quantitative estimate of drug-likeness (QED) is 0.835. The molecular formula is C13H18BrNO2. The van der Waals surface area contributed by atoms with Gasteiger partial charge in [-0.15, -0.1) is 0 Å². The lowest BCUT2D eigenvalue weighted by molar-refractivity contribution is 0.0793. The molecule has 17 heavy (non-hydrogen) atoms. The highest BCUT2D eigenvalue weighted by Crippen LogP contribution is 2.25. The van der Waals surface area contributed by atoms with Crippen molar-refractivity contribution in [3.05, 3.63) is 28.2 Å². The number of hydrogen-bond donors (Lipinski definition) is 0. The summed E-state index contributed by atoms with van der Waals surface area (Å²) in [7, 11) is 3.44.